The van der Waals surface area contributed by atoms with E-state index in [0.717, 1.165) is 11.1 Å². The largest absolute Gasteiger partial charge is 0.494 e. The summed E-state index contributed by atoms with van der Waals surface area (Å²) in [5.74, 6) is 1.73. The van der Waals surface area contributed by atoms with Crippen molar-refractivity contribution in [2.45, 2.75) is 19.5 Å². The Balaban J connectivity index is 1.51. The number of benzene rings is 3. The smallest absolute Gasteiger partial charge is 0.291 e. The summed E-state index contributed by atoms with van der Waals surface area (Å²) >= 11 is 0. The zero-order valence-corrected chi connectivity index (χ0v) is 18.4. The van der Waals surface area contributed by atoms with Crippen molar-refractivity contribution in [1.82, 2.24) is 4.90 Å². The number of fused-ring (bicyclic) bond motifs is 3. The molecule has 0 radical (unpaired) electrons. The molecule has 1 amide bonds. The van der Waals surface area contributed by atoms with Gasteiger partial charge in [-0.3, -0.25) is 9.59 Å². The van der Waals surface area contributed by atoms with Gasteiger partial charge in [0.05, 0.1) is 23.6 Å². The van der Waals surface area contributed by atoms with Crippen LogP contribution in [0.5, 0.6) is 17.2 Å². The lowest BCUT2D eigenvalue weighted by molar-refractivity contribution is 0.0714. The minimum atomic E-state index is -0.616. The molecule has 3 aromatic carbocycles. The number of nitrogens with zero attached hydrogens (tertiary/aromatic N) is 1. The van der Waals surface area contributed by atoms with E-state index in [-0.39, 0.29) is 30.4 Å². The SMILES string of the molecule is CCOc1cccc([C@H]2c3c(oc4ccccc4c3=O)C(=O)N2Cc2ccc3c(c2)OCO3)c1. The Morgan fingerprint density at radius 1 is 0.971 bits per heavy atom. The van der Waals surface area contributed by atoms with Crippen molar-refractivity contribution in [2.24, 2.45) is 0 Å². The number of rotatable bonds is 5. The molecule has 2 aliphatic heterocycles. The van der Waals surface area contributed by atoms with Crippen LogP contribution in [0.25, 0.3) is 11.0 Å². The highest BCUT2D eigenvalue weighted by Gasteiger charge is 2.43. The summed E-state index contributed by atoms with van der Waals surface area (Å²) < 4.78 is 22.6. The number of hydrogen-bond donors (Lipinski definition) is 0. The third-order valence-corrected chi connectivity index (χ3v) is 6.15. The second-order valence-corrected chi connectivity index (χ2v) is 8.20. The van der Waals surface area contributed by atoms with E-state index in [1.807, 2.05) is 49.4 Å². The highest BCUT2D eigenvalue weighted by Crippen LogP contribution is 2.41. The lowest BCUT2D eigenvalue weighted by Gasteiger charge is -2.25. The molecule has 0 N–H and O–H groups in total. The number of para-hydroxylation sites is 1. The zero-order chi connectivity index (χ0) is 23.2. The zero-order valence-electron chi connectivity index (χ0n) is 18.4. The molecule has 34 heavy (non-hydrogen) atoms. The first-order valence-corrected chi connectivity index (χ1v) is 11.1. The molecule has 4 aromatic rings. The molecule has 0 saturated heterocycles. The maximum Gasteiger partial charge on any atom is 0.291 e. The Morgan fingerprint density at radius 2 is 1.82 bits per heavy atom. The van der Waals surface area contributed by atoms with Crippen molar-refractivity contribution in [2.75, 3.05) is 13.4 Å². The molecular formula is C27H21NO6. The van der Waals surface area contributed by atoms with Crippen LogP contribution in [0.3, 0.4) is 0 Å². The molecular weight excluding hydrogens is 434 g/mol. The third-order valence-electron chi connectivity index (χ3n) is 6.15. The molecule has 2 aliphatic rings. The van der Waals surface area contributed by atoms with Gasteiger partial charge in [-0.2, -0.15) is 0 Å². The fourth-order valence-electron chi connectivity index (χ4n) is 4.65. The molecule has 170 valence electrons. The molecule has 3 heterocycles. The summed E-state index contributed by atoms with van der Waals surface area (Å²) in [5, 5.41) is 0.449. The molecule has 6 rings (SSSR count). The van der Waals surface area contributed by atoms with Gasteiger partial charge >= 0.3 is 0 Å². The lowest BCUT2D eigenvalue weighted by Crippen LogP contribution is -2.29. The van der Waals surface area contributed by atoms with E-state index in [1.54, 1.807) is 29.2 Å². The normalized spacial score (nSPS) is 16.2. The second-order valence-electron chi connectivity index (χ2n) is 8.20. The van der Waals surface area contributed by atoms with E-state index >= 15 is 0 Å². The molecule has 0 saturated carbocycles. The van der Waals surface area contributed by atoms with Crippen LogP contribution in [0.2, 0.25) is 0 Å². The van der Waals surface area contributed by atoms with E-state index in [0.29, 0.717) is 40.4 Å². The average Bonchev–Trinajstić information content (AvgIpc) is 3.43. The Hall–Kier alpha value is -4.26. The third kappa shape index (κ3) is 3.20. The summed E-state index contributed by atoms with van der Waals surface area (Å²) in [6.07, 6.45) is 0. The van der Waals surface area contributed by atoms with Crippen LogP contribution >= 0.6 is 0 Å². The van der Waals surface area contributed by atoms with Crippen molar-refractivity contribution in [3.8, 4) is 17.2 Å². The minimum absolute atomic E-state index is 0.0799. The van der Waals surface area contributed by atoms with Gasteiger partial charge in [0.15, 0.2) is 16.9 Å². The van der Waals surface area contributed by atoms with Crippen LogP contribution < -0.4 is 19.6 Å². The quantitative estimate of drug-likeness (QED) is 0.435. The Morgan fingerprint density at radius 3 is 2.71 bits per heavy atom. The Kier molecular flexibility index (Phi) is 4.76. The fourth-order valence-corrected chi connectivity index (χ4v) is 4.65. The van der Waals surface area contributed by atoms with Crippen molar-refractivity contribution in [3.05, 3.63) is 99.4 Å². The van der Waals surface area contributed by atoms with E-state index in [1.165, 1.54) is 0 Å². The number of hydrogen-bond acceptors (Lipinski definition) is 6. The molecule has 0 bridgehead atoms. The predicted molar refractivity (Wildman–Crippen MR) is 124 cm³/mol. The van der Waals surface area contributed by atoms with Crippen LogP contribution in [0.4, 0.5) is 0 Å². The Labute approximate surface area is 195 Å². The van der Waals surface area contributed by atoms with Crippen molar-refractivity contribution >= 4 is 16.9 Å². The number of ether oxygens (including phenoxy) is 3. The highest BCUT2D eigenvalue weighted by atomic mass is 16.7. The summed E-state index contributed by atoms with van der Waals surface area (Å²) in [6.45, 7) is 2.86. The topological polar surface area (TPSA) is 78.2 Å². The van der Waals surface area contributed by atoms with E-state index < -0.39 is 6.04 Å². The summed E-state index contributed by atoms with van der Waals surface area (Å²) in [4.78, 5) is 28.9. The summed E-state index contributed by atoms with van der Waals surface area (Å²) in [5.41, 5.74) is 2.17. The molecule has 0 fully saturated rings. The van der Waals surface area contributed by atoms with Gasteiger partial charge in [-0.15, -0.1) is 0 Å². The van der Waals surface area contributed by atoms with Crippen molar-refractivity contribution < 1.29 is 23.4 Å². The summed E-state index contributed by atoms with van der Waals surface area (Å²) in [6, 6.07) is 19.5. The second kappa shape index (κ2) is 7.95. The van der Waals surface area contributed by atoms with Gasteiger partial charge in [-0.05, 0) is 54.4 Å². The van der Waals surface area contributed by atoms with Gasteiger partial charge in [0, 0.05) is 6.54 Å². The van der Waals surface area contributed by atoms with Crippen LogP contribution in [0.1, 0.15) is 40.2 Å². The first-order chi connectivity index (χ1) is 16.6. The first kappa shape index (κ1) is 20.4. The van der Waals surface area contributed by atoms with Crippen LogP contribution in [-0.2, 0) is 6.54 Å². The molecule has 7 heteroatoms. The van der Waals surface area contributed by atoms with Gasteiger partial charge in [0.1, 0.15) is 11.3 Å². The molecule has 0 aliphatic carbocycles. The first-order valence-electron chi connectivity index (χ1n) is 11.1. The van der Waals surface area contributed by atoms with Gasteiger partial charge in [-0.1, -0.05) is 30.3 Å². The van der Waals surface area contributed by atoms with E-state index in [9.17, 15) is 9.59 Å². The minimum Gasteiger partial charge on any atom is -0.494 e. The number of carbonyl (C=O) groups is 1. The average molecular weight is 455 g/mol. The van der Waals surface area contributed by atoms with Gasteiger partial charge in [0.2, 0.25) is 12.6 Å². The lowest BCUT2D eigenvalue weighted by atomic mass is 9.98. The van der Waals surface area contributed by atoms with Crippen molar-refractivity contribution in [3.63, 3.8) is 0 Å². The van der Waals surface area contributed by atoms with Crippen LogP contribution in [0, 0.1) is 0 Å². The molecule has 1 aromatic heterocycles. The molecule has 0 unspecified atom stereocenters. The van der Waals surface area contributed by atoms with Crippen LogP contribution in [0.15, 0.2) is 75.9 Å². The standard InChI is InChI=1S/C27H21NO6/c1-2-31-18-7-5-6-17(13-18)24-23-25(29)19-8-3-4-9-20(19)34-26(23)27(30)28(24)14-16-10-11-21-22(12-16)33-15-32-21/h3-13,24H,2,14-15H2,1H3/t24-/m0/s1. The molecule has 7 nitrogen and oxygen atoms in total. The number of carbonyl (C=O) groups excluding carboxylic acids is 1. The maximum atomic E-state index is 13.6. The monoisotopic (exact) mass is 455 g/mol. The van der Waals surface area contributed by atoms with Gasteiger partial charge < -0.3 is 23.5 Å². The van der Waals surface area contributed by atoms with Gasteiger partial charge in [-0.25, -0.2) is 0 Å². The highest BCUT2D eigenvalue weighted by molar-refractivity contribution is 5.99. The summed E-state index contributed by atoms with van der Waals surface area (Å²) in [7, 11) is 0. The Bertz CT molecular complexity index is 1490. The van der Waals surface area contributed by atoms with Crippen LogP contribution in [-0.4, -0.2) is 24.2 Å². The fraction of sp³-hybridized carbons (Fsp3) is 0.185. The van der Waals surface area contributed by atoms with Crippen molar-refractivity contribution in [1.29, 1.82) is 0 Å². The van der Waals surface area contributed by atoms with E-state index in [2.05, 4.69) is 0 Å². The maximum absolute atomic E-state index is 13.6. The van der Waals surface area contributed by atoms with E-state index in [4.69, 9.17) is 18.6 Å². The number of amides is 1. The van der Waals surface area contributed by atoms with Gasteiger partial charge in [0.25, 0.3) is 5.91 Å². The predicted octanol–water partition coefficient (Wildman–Crippen LogP) is 4.67. The molecule has 0 spiro atoms. The molecule has 1 atom stereocenters.